The Labute approximate surface area is 176 Å². The molecule has 2 aromatic carbocycles. The molecule has 0 radical (unpaired) electrons. The summed E-state index contributed by atoms with van der Waals surface area (Å²) >= 11 is 3.39. The number of nitrogens with one attached hydrogen (secondary N) is 1. The second kappa shape index (κ2) is 7.77. The number of sulfonamides is 1. The summed E-state index contributed by atoms with van der Waals surface area (Å²) < 4.78 is 39.7. The van der Waals surface area contributed by atoms with Crippen molar-refractivity contribution in [1.82, 2.24) is 10.1 Å². The Hall–Kier alpha value is -2.43. The highest BCUT2D eigenvalue weighted by atomic mass is 79.9. The normalized spacial score (nSPS) is 14.9. The molecule has 4 rings (SSSR count). The predicted molar refractivity (Wildman–Crippen MR) is 110 cm³/mol. The van der Waals surface area contributed by atoms with E-state index in [-0.39, 0.29) is 16.5 Å². The molecule has 152 valence electrons. The molecule has 0 unspecified atom stereocenters. The molecule has 1 saturated heterocycles. The smallest absolute Gasteiger partial charge is 0.276 e. The molecule has 10 heteroatoms. The Bertz CT molecular complexity index is 1190. The molecule has 0 saturated carbocycles. The molecule has 0 spiro atoms. The lowest BCUT2D eigenvalue weighted by molar-refractivity contribution is 0.0297. The monoisotopic (exact) mass is 479 g/mol. The largest absolute Gasteiger partial charge is 0.378 e. The van der Waals surface area contributed by atoms with Crippen LogP contribution in [0.2, 0.25) is 0 Å². The first-order valence-corrected chi connectivity index (χ1v) is 11.2. The van der Waals surface area contributed by atoms with Crippen molar-refractivity contribution in [2.45, 2.75) is 11.8 Å². The van der Waals surface area contributed by atoms with E-state index in [0.29, 0.717) is 43.0 Å². The minimum Gasteiger partial charge on any atom is -0.378 e. The number of halogens is 1. The molecule has 1 aliphatic rings. The van der Waals surface area contributed by atoms with E-state index in [1.54, 1.807) is 23.1 Å². The number of amides is 1. The number of carbonyl (C=O) groups excluding carboxylic acids is 1. The van der Waals surface area contributed by atoms with Gasteiger partial charge in [-0.3, -0.25) is 9.52 Å². The summed E-state index contributed by atoms with van der Waals surface area (Å²) in [5, 5.41) is 4.23. The van der Waals surface area contributed by atoms with Gasteiger partial charge >= 0.3 is 0 Å². The Kier molecular flexibility index (Phi) is 5.32. The van der Waals surface area contributed by atoms with Crippen LogP contribution in [0.25, 0.3) is 11.0 Å². The molecule has 29 heavy (non-hydrogen) atoms. The summed E-state index contributed by atoms with van der Waals surface area (Å²) in [5.74, 6) is -0.307. The maximum atomic E-state index is 12.9. The standard InChI is InChI=1S/C19H18BrN3O5S/c1-12-10-13(2-4-16(12)20)22-29(25,26)14-3-5-17-15(11-14)18(21-28-17)19(24)23-6-8-27-9-7-23/h2-5,10-11,22H,6-9H2,1H3. The topological polar surface area (TPSA) is 102 Å². The quantitative estimate of drug-likeness (QED) is 0.616. The lowest BCUT2D eigenvalue weighted by atomic mass is 10.2. The molecule has 1 N–H and O–H groups in total. The second-order valence-corrected chi connectivity index (χ2v) is 9.20. The number of hydrogen-bond acceptors (Lipinski definition) is 6. The summed E-state index contributed by atoms with van der Waals surface area (Å²) in [6, 6.07) is 9.50. The highest BCUT2D eigenvalue weighted by Crippen LogP contribution is 2.26. The van der Waals surface area contributed by atoms with Gasteiger partial charge in [-0.1, -0.05) is 21.1 Å². The van der Waals surface area contributed by atoms with E-state index < -0.39 is 10.0 Å². The molecule has 0 bridgehead atoms. The highest BCUT2D eigenvalue weighted by molar-refractivity contribution is 9.10. The molecule has 1 fully saturated rings. The molecule has 8 nitrogen and oxygen atoms in total. The van der Waals surface area contributed by atoms with Gasteiger partial charge in [0, 0.05) is 23.2 Å². The van der Waals surface area contributed by atoms with Crippen LogP contribution >= 0.6 is 15.9 Å². The van der Waals surface area contributed by atoms with E-state index in [1.807, 2.05) is 6.92 Å². The number of nitrogens with zero attached hydrogens (tertiary/aromatic N) is 2. The molecule has 1 aromatic heterocycles. The number of carbonyl (C=O) groups is 1. The maximum Gasteiger partial charge on any atom is 0.276 e. The number of rotatable bonds is 4. The molecule has 1 amide bonds. The first-order chi connectivity index (χ1) is 13.8. The SMILES string of the molecule is Cc1cc(NS(=O)(=O)c2ccc3onc(C(=O)N4CCOCC4)c3c2)ccc1Br. The van der Waals surface area contributed by atoms with Crippen LogP contribution in [0.1, 0.15) is 16.1 Å². The maximum absolute atomic E-state index is 12.9. The molecule has 0 aliphatic carbocycles. The number of aryl methyl sites for hydroxylation is 1. The van der Waals surface area contributed by atoms with Gasteiger partial charge in [-0.05, 0) is 48.9 Å². The van der Waals surface area contributed by atoms with E-state index in [4.69, 9.17) is 9.26 Å². The van der Waals surface area contributed by atoms with Crippen molar-refractivity contribution in [2.24, 2.45) is 0 Å². The van der Waals surface area contributed by atoms with E-state index >= 15 is 0 Å². The number of hydrogen-bond donors (Lipinski definition) is 1. The van der Waals surface area contributed by atoms with E-state index in [0.717, 1.165) is 10.0 Å². The van der Waals surface area contributed by atoms with Crippen LogP contribution in [-0.4, -0.2) is 50.7 Å². The number of morpholine rings is 1. The number of fused-ring (bicyclic) bond motifs is 1. The van der Waals surface area contributed by atoms with Crippen LogP contribution in [0.4, 0.5) is 5.69 Å². The number of anilines is 1. The molecular weight excluding hydrogens is 462 g/mol. The Balaban J connectivity index is 1.67. The average molecular weight is 480 g/mol. The van der Waals surface area contributed by atoms with Crippen molar-refractivity contribution in [2.75, 3.05) is 31.0 Å². The first kappa shape index (κ1) is 19.9. The van der Waals surface area contributed by atoms with Gasteiger partial charge in [-0.2, -0.15) is 0 Å². The third-order valence-electron chi connectivity index (χ3n) is 4.66. The van der Waals surface area contributed by atoms with Crippen molar-refractivity contribution in [1.29, 1.82) is 0 Å². The Morgan fingerprint density at radius 3 is 2.66 bits per heavy atom. The third kappa shape index (κ3) is 4.00. The Morgan fingerprint density at radius 2 is 1.93 bits per heavy atom. The summed E-state index contributed by atoms with van der Waals surface area (Å²) in [6.07, 6.45) is 0. The predicted octanol–water partition coefficient (Wildman–Crippen LogP) is 3.17. The summed E-state index contributed by atoms with van der Waals surface area (Å²) in [5.41, 5.74) is 1.79. The third-order valence-corrected chi connectivity index (χ3v) is 6.93. The zero-order valence-corrected chi connectivity index (χ0v) is 17.9. The molecule has 1 aliphatic heterocycles. The lowest BCUT2D eigenvalue weighted by Crippen LogP contribution is -2.40. The summed E-state index contributed by atoms with van der Waals surface area (Å²) in [6.45, 7) is 3.69. The fourth-order valence-corrected chi connectivity index (χ4v) is 4.40. The fourth-order valence-electron chi connectivity index (χ4n) is 3.08. The number of aromatic nitrogens is 1. The zero-order valence-electron chi connectivity index (χ0n) is 15.5. The van der Waals surface area contributed by atoms with Crippen LogP contribution < -0.4 is 4.72 Å². The van der Waals surface area contributed by atoms with Crippen LogP contribution in [0.15, 0.2) is 50.3 Å². The van der Waals surface area contributed by atoms with E-state index in [9.17, 15) is 13.2 Å². The van der Waals surface area contributed by atoms with Gasteiger partial charge in [0.25, 0.3) is 15.9 Å². The van der Waals surface area contributed by atoms with Gasteiger partial charge in [0.1, 0.15) is 0 Å². The van der Waals surface area contributed by atoms with Crippen LogP contribution in [0.3, 0.4) is 0 Å². The van der Waals surface area contributed by atoms with Gasteiger partial charge in [0.2, 0.25) is 0 Å². The summed E-state index contributed by atoms with van der Waals surface area (Å²) in [4.78, 5) is 14.4. The van der Waals surface area contributed by atoms with Crippen molar-refractivity contribution in [3.63, 3.8) is 0 Å². The van der Waals surface area contributed by atoms with Crippen molar-refractivity contribution in [3.05, 3.63) is 52.1 Å². The minimum atomic E-state index is -3.86. The lowest BCUT2D eigenvalue weighted by Gasteiger charge is -2.25. The molecule has 3 aromatic rings. The molecule has 2 heterocycles. The minimum absolute atomic E-state index is 0.0183. The van der Waals surface area contributed by atoms with Crippen LogP contribution in [0, 0.1) is 6.92 Å². The van der Waals surface area contributed by atoms with Crippen molar-refractivity contribution < 1.29 is 22.5 Å². The van der Waals surface area contributed by atoms with Crippen molar-refractivity contribution >= 4 is 48.5 Å². The summed E-state index contributed by atoms with van der Waals surface area (Å²) in [7, 11) is -3.86. The highest BCUT2D eigenvalue weighted by Gasteiger charge is 2.25. The van der Waals surface area contributed by atoms with Crippen molar-refractivity contribution in [3.8, 4) is 0 Å². The zero-order chi connectivity index (χ0) is 20.6. The van der Waals surface area contributed by atoms with E-state index in [2.05, 4.69) is 25.8 Å². The Morgan fingerprint density at radius 1 is 1.17 bits per heavy atom. The van der Waals surface area contributed by atoms with Gasteiger partial charge in [-0.15, -0.1) is 0 Å². The van der Waals surface area contributed by atoms with Gasteiger partial charge in [0.15, 0.2) is 11.3 Å². The average Bonchev–Trinajstić information content (AvgIpc) is 3.14. The van der Waals surface area contributed by atoms with E-state index in [1.165, 1.54) is 18.2 Å². The fraction of sp³-hybridized carbons (Fsp3) is 0.263. The number of ether oxygens (including phenoxy) is 1. The van der Waals surface area contributed by atoms with Gasteiger partial charge in [-0.25, -0.2) is 8.42 Å². The number of benzene rings is 2. The van der Waals surface area contributed by atoms with Gasteiger partial charge in [0.05, 0.1) is 23.5 Å². The second-order valence-electron chi connectivity index (χ2n) is 6.66. The first-order valence-electron chi connectivity index (χ1n) is 8.90. The molecular formula is C19H18BrN3O5S. The van der Waals surface area contributed by atoms with Gasteiger partial charge < -0.3 is 14.2 Å². The van der Waals surface area contributed by atoms with Crippen LogP contribution in [0.5, 0.6) is 0 Å². The van der Waals surface area contributed by atoms with Crippen LogP contribution in [-0.2, 0) is 14.8 Å². The molecule has 0 atom stereocenters.